The van der Waals surface area contributed by atoms with Gasteiger partial charge in [0.1, 0.15) is 0 Å². The number of rotatable bonds is 6. The first kappa shape index (κ1) is 21.6. The monoisotopic (exact) mass is 411 g/mol. The van der Waals surface area contributed by atoms with E-state index in [0.29, 0.717) is 6.04 Å². The summed E-state index contributed by atoms with van der Waals surface area (Å²) in [6.45, 7) is 3.07. The molecular weight excluding hydrogens is 386 g/mol. The van der Waals surface area contributed by atoms with E-state index < -0.39 is 10.0 Å². The van der Waals surface area contributed by atoms with Crippen LogP contribution in [0.15, 0.2) is 47.4 Å². The predicted octanol–water partition coefficient (Wildman–Crippen LogP) is 2.19. The first-order chi connectivity index (χ1) is 12.4. The van der Waals surface area contributed by atoms with Crippen molar-refractivity contribution in [3.8, 4) is 0 Å². The number of benzene rings is 2. The molecule has 148 valence electrons. The number of halogens is 1. The summed E-state index contributed by atoms with van der Waals surface area (Å²) in [5.41, 5.74) is 0. The molecule has 1 aliphatic heterocycles. The quantitative estimate of drug-likeness (QED) is 0.680. The predicted molar refractivity (Wildman–Crippen MR) is 110 cm³/mol. The molecule has 3 N–H and O–H groups in total. The van der Waals surface area contributed by atoms with E-state index in [1.54, 1.807) is 18.2 Å². The summed E-state index contributed by atoms with van der Waals surface area (Å²) in [4.78, 5) is 12.3. The number of piperidine rings is 1. The second kappa shape index (κ2) is 9.50. The average molecular weight is 412 g/mol. The van der Waals surface area contributed by atoms with E-state index in [9.17, 15) is 13.2 Å². The first-order valence-electron chi connectivity index (χ1n) is 8.95. The topological polar surface area (TPSA) is 87.3 Å². The lowest BCUT2D eigenvalue weighted by atomic mass is 10.0. The fourth-order valence-corrected chi connectivity index (χ4v) is 4.35. The summed E-state index contributed by atoms with van der Waals surface area (Å²) in [5, 5.41) is 8.18. The van der Waals surface area contributed by atoms with Gasteiger partial charge in [-0.2, -0.15) is 0 Å². The molecular formula is C19H26ClN3O3S. The highest BCUT2D eigenvalue weighted by molar-refractivity contribution is 7.89. The molecule has 2 aromatic rings. The van der Waals surface area contributed by atoms with Crippen molar-refractivity contribution in [2.24, 2.45) is 0 Å². The Bertz CT molecular complexity index is 889. The Labute approximate surface area is 166 Å². The number of sulfonamides is 1. The zero-order chi connectivity index (χ0) is 18.6. The SMILES string of the molecule is CC1CC(NC(=O)CCNS(=O)(=O)c2ccc3ccccc3c2)CCN1.Cl. The van der Waals surface area contributed by atoms with Crippen molar-refractivity contribution in [3.05, 3.63) is 42.5 Å². The zero-order valence-corrected chi connectivity index (χ0v) is 16.9. The van der Waals surface area contributed by atoms with Gasteiger partial charge in [-0.3, -0.25) is 4.79 Å². The zero-order valence-electron chi connectivity index (χ0n) is 15.3. The number of hydrogen-bond donors (Lipinski definition) is 3. The van der Waals surface area contributed by atoms with Crippen molar-refractivity contribution in [2.45, 2.75) is 43.2 Å². The number of nitrogens with one attached hydrogen (secondary N) is 3. The molecule has 1 saturated heterocycles. The third-order valence-corrected chi connectivity index (χ3v) is 6.12. The normalized spacial score (nSPS) is 20.0. The van der Waals surface area contributed by atoms with Gasteiger partial charge in [-0.25, -0.2) is 13.1 Å². The molecule has 0 radical (unpaired) electrons. The molecule has 2 aromatic carbocycles. The molecule has 1 amide bonds. The summed E-state index contributed by atoms with van der Waals surface area (Å²) >= 11 is 0. The van der Waals surface area contributed by atoms with Crippen LogP contribution in [0.1, 0.15) is 26.2 Å². The Morgan fingerprint density at radius 3 is 2.67 bits per heavy atom. The van der Waals surface area contributed by atoms with Crippen LogP contribution < -0.4 is 15.4 Å². The van der Waals surface area contributed by atoms with Gasteiger partial charge in [-0.15, -0.1) is 12.4 Å². The summed E-state index contributed by atoms with van der Waals surface area (Å²) < 4.78 is 27.4. The molecule has 27 heavy (non-hydrogen) atoms. The molecule has 2 unspecified atom stereocenters. The van der Waals surface area contributed by atoms with E-state index in [0.717, 1.165) is 30.2 Å². The Morgan fingerprint density at radius 1 is 1.19 bits per heavy atom. The molecule has 1 fully saturated rings. The highest BCUT2D eigenvalue weighted by Crippen LogP contribution is 2.18. The van der Waals surface area contributed by atoms with Gasteiger partial charge in [0.05, 0.1) is 4.90 Å². The second-order valence-electron chi connectivity index (χ2n) is 6.80. The van der Waals surface area contributed by atoms with Crippen molar-refractivity contribution < 1.29 is 13.2 Å². The molecule has 8 heteroatoms. The Morgan fingerprint density at radius 2 is 1.93 bits per heavy atom. The van der Waals surface area contributed by atoms with E-state index in [2.05, 4.69) is 22.3 Å². The van der Waals surface area contributed by atoms with Gasteiger partial charge in [0.15, 0.2) is 0 Å². The molecule has 0 bridgehead atoms. The van der Waals surface area contributed by atoms with E-state index in [-0.39, 0.29) is 42.2 Å². The van der Waals surface area contributed by atoms with Gasteiger partial charge in [0.25, 0.3) is 0 Å². The maximum atomic E-state index is 12.4. The van der Waals surface area contributed by atoms with Crippen LogP contribution >= 0.6 is 12.4 Å². The molecule has 0 aliphatic carbocycles. The van der Waals surface area contributed by atoms with E-state index in [1.807, 2.05) is 24.3 Å². The summed E-state index contributed by atoms with van der Waals surface area (Å²) in [6, 6.07) is 13.2. The molecule has 6 nitrogen and oxygen atoms in total. The lowest BCUT2D eigenvalue weighted by Gasteiger charge is -2.28. The largest absolute Gasteiger partial charge is 0.353 e. The Kier molecular flexibility index (Phi) is 7.61. The fraction of sp³-hybridized carbons (Fsp3) is 0.421. The van der Waals surface area contributed by atoms with Crippen molar-refractivity contribution in [2.75, 3.05) is 13.1 Å². The standard InChI is InChI=1S/C19H25N3O3S.ClH/c1-14-12-17(8-10-20-14)22-19(23)9-11-21-26(24,25)18-7-6-15-4-2-3-5-16(15)13-18;/h2-7,13-14,17,20-21H,8-12H2,1H3,(H,22,23);1H. The van der Waals surface area contributed by atoms with Gasteiger partial charge < -0.3 is 10.6 Å². The van der Waals surface area contributed by atoms with Crippen LogP contribution in [0.5, 0.6) is 0 Å². The second-order valence-corrected chi connectivity index (χ2v) is 8.57. The van der Waals surface area contributed by atoms with Crippen LogP contribution in [-0.4, -0.2) is 39.5 Å². The smallest absolute Gasteiger partial charge is 0.240 e. The van der Waals surface area contributed by atoms with Gasteiger partial charge >= 0.3 is 0 Å². The molecule has 0 saturated carbocycles. The van der Waals surface area contributed by atoms with Crippen LogP contribution in [-0.2, 0) is 14.8 Å². The molecule has 0 aromatic heterocycles. The molecule has 1 heterocycles. The summed E-state index contributed by atoms with van der Waals surface area (Å²) in [7, 11) is -3.63. The van der Waals surface area contributed by atoms with E-state index in [1.165, 1.54) is 0 Å². The highest BCUT2D eigenvalue weighted by atomic mass is 35.5. The van der Waals surface area contributed by atoms with Crippen LogP contribution in [0.3, 0.4) is 0 Å². The highest BCUT2D eigenvalue weighted by Gasteiger charge is 2.20. The van der Waals surface area contributed by atoms with Gasteiger partial charge in [-0.1, -0.05) is 30.3 Å². The average Bonchev–Trinajstić information content (AvgIpc) is 2.61. The first-order valence-corrected chi connectivity index (χ1v) is 10.4. The fourth-order valence-electron chi connectivity index (χ4n) is 3.28. The van der Waals surface area contributed by atoms with Gasteiger partial charge in [0.2, 0.25) is 15.9 Å². The van der Waals surface area contributed by atoms with Crippen LogP contribution in [0.4, 0.5) is 0 Å². The lowest BCUT2D eigenvalue weighted by molar-refractivity contribution is -0.121. The van der Waals surface area contributed by atoms with Gasteiger partial charge in [0, 0.05) is 25.0 Å². The maximum absolute atomic E-state index is 12.4. The van der Waals surface area contributed by atoms with E-state index in [4.69, 9.17) is 0 Å². The number of amides is 1. The molecule has 0 spiro atoms. The van der Waals surface area contributed by atoms with Crippen LogP contribution in [0.25, 0.3) is 10.8 Å². The minimum atomic E-state index is -3.63. The summed E-state index contributed by atoms with van der Waals surface area (Å²) in [6.07, 6.45) is 1.93. The third kappa shape index (κ3) is 5.90. The number of carbonyl (C=O) groups excluding carboxylic acids is 1. The maximum Gasteiger partial charge on any atom is 0.240 e. The molecule has 2 atom stereocenters. The Balaban J connectivity index is 0.00000261. The number of carbonyl (C=O) groups is 1. The number of hydrogen-bond acceptors (Lipinski definition) is 4. The van der Waals surface area contributed by atoms with Crippen molar-refractivity contribution >= 4 is 39.1 Å². The minimum absolute atomic E-state index is 0. The number of fused-ring (bicyclic) bond motifs is 1. The molecule has 3 rings (SSSR count). The van der Waals surface area contributed by atoms with Crippen molar-refractivity contribution in [3.63, 3.8) is 0 Å². The van der Waals surface area contributed by atoms with Crippen LogP contribution in [0.2, 0.25) is 0 Å². The molecule has 1 aliphatic rings. The minimum Gasteiger partial charge on any atom is -0.353 e. The Hall–Kier alpha value is -1.67. The third-order valence-electron chi connectivity index (χ3n) is 4.66. The van der Waals surface area contributed by atoms with E-state index >= 15 is 0 Å². The lowest BCUT2D eigenvalue weighted by Crippen LogP contribution is -2.47. The summed E-state index contributed by atoms with van der Waals surface area (Å²) in [5.74, 6) is -0.120. The van der Waals surface area contributed by atoms with Crippen molar-refractivity contribution in [1.29, 1.82) is 0 Å². The van der Waals surface area contributed by atoms with Gasteiger partial charge in [-0.05, 0) is 49.2 Å². The van der Waals surface area contributed by atoms with Crippen molar-refractivity contribution in [1.82, 2.24) is 15.4 Å². The van der Waals surface area contributed by atoms with Crippen LogP contribution in [0, 0.1) is 0 Å².